The largest absolute Gasteiger partial charge is 0.433 e. The van der Waals surface area contributed by atoms with E-state index in [-0.39, 0.29) is 6.01 Å². The van der Waals surface area contributed by atoms with E-state index in [2.05, 4.69) is 32.6 Å². The van der Waals surface area contributed by atoms with Crippen molar-refractivity contribution in [3.63, 3.8) is 0 Å². The normalized spacial score (nSPS) is 10.4. The number of nitrogens with zero attached hydrogens (tertiary/aromatic N) is 2. The van der Waals surface area contributed by atoms with Crippen LogP contribution in [0.5, 0.6) is 0 Å². The van der Waals surface area contributed by atoms with Crippen LogP contribution in [-0.4, -0.2) is 23.8 Å². The van der Waals surface area contributed by atoms with Gasteiger partial charge in [0.1, 0.15) is 0 Å². The second-order valence-electron chi connectivity index (χ2n) is 2.96. The number of anilines is 1. The smallest absolute Gasteiger partial charge is 0.389 e. The molecule has 1 heterocycles. The third kappa shape index (κ3) is 6.45. The molecular weight excluding hydrogens is 300 g/mol. The van der Waals surface area contributed by atoms with Crippen molar-refractivity contribution in [2.45, 2.75) is 6.18 Å². The van der Waals surface area contributed by atoms with Crippen LogP contribution >= 0.6 is 23.2 Å². The molecule has 102 valence electrons. The Bertz CT molecular complexity index is 469. The zero-order valence-electron chi connectivity index (χ0n) is 9.09. The number of alkyl halides is 3. The first-order valence-electron chi connectivity index (χ1n) is 4.15. The summed E-state index contributed by atoms with van der Waals surface area (Å²) in [5.74, 6) is 0. The van der Waals surface area contributed by atoms with Crippen molar-refractivity contribution in [2.75, 3.05) is 19.0 Å². The van der Waals surface area contributed by atoms with E-state index >= 15 is 0 Å². The summed E-state index contributed by atoms with van der Waals surface area (Å²) in [6.07, 6.45) is -4.64. The molecule has 0 spiro atoms. The summed E-state index contributed by atoms with van der Waals surface area (Å²) < 4.78 is 40.0. The molecule has 0 fully saturated rings. The van der Waals surface area contributed by atoms with E-state index in [0.29, 0.717) is 6.07 Å². The number of rotatable bonds is 1. The van der Waals surface area contributed by atoms with Crippen LogP contribution in [0.4, 0.5) is 24.0 Å². The SMILES string of the molecule is CN(C)c1nc(C(F)(F)F)cc(=O)o1.O=C(Cl)Cl. The van der Waals surface area contributed by atoms with E-state index in [1.54, 1.807) is 0 Å². The van der Waals surface area contributed by atoms with Crippen LogP contribution in [0.15, 0.2) is 15.3 Å². The molecule has 0 N–H and O–H groups in total. The van der Waals surface area contributed by atoms with Gasteiger partial charge in [-0.2, -0.15) is 18.2 Å². The fourth-order valence-electron chi connectivity index (χ4n) is 0.726. The fourth-order valence-corrected chi connectivity index (χ4v) is 0.726. The average molecular weight is 307 g/mol. The highest BCUT2D eigenvalue weighted by Crippen LogP contribution is 2.27. The minimum atomic E-state index is -4.64. The Hall–Kier alpha value is -1.28. The third-order valence-corrected chi connectivity index (χ3v) is 1.34. The van der Waals surface area contributed by atoms with Gasteiger partial charge in [-0.05, 0) is 23.2 Å². The standard InChI is InChI=1S/C7H7F3N2O2.CCl2O/c1-12(2)6-11-4(7(8,9)10)3-5(13)14-6;2-1(3)4/h3H,1-2H3;. The lowest BCUT2D eigenvalue weighted by atomic mass is 10.4. The van der Waals surface area contributed by atoms with Gasteiger partial charge in [-0.25, -0.2) is 4.79 Å². The van der Waals surface area contributed by atoms with Crippen LogP contribution in [0.25, 0.3) is 0 Å². The first-order chi connectivity index (χ1) is 8.04. The van der Waals surface area contributed by atoms with Crippen LogP contribution in [0.1, 0.15) is 5.69 Å². The molecule has 0 aliphatic rings. The molecule has 0 aromatic carbocycles. The first-order valence-corrected chi connectivity index (χ1v) is 4.91. The molecule has 5 nitrogen and oxygen atoms in total. The van der Waals surface area contributed by atoms with Gasteiger partial charge >= 0.3 is 16.5 Å². The molecule has 0 aliphatic carbocycles. The fraction of sp³-hybridized carbons (Fsp3) is 0.375. The second kappa shape index (κ2) is 6.60. The third-order valence-electron chi connectivity index (χ3n) is 1.34. The Morgan fingerprint density at radius 1 is 1.39 bits per heavy atom. The molecular formula is C8H7Cl2F3N2O3. The molecule has 18 heavy (non-hydrogen) atoms. The summed E-state index contributed by atoms with van der Waals surface area (Å²) >= 11 is 8.80. The molecule has 1 rings (SSSR count). The van der Waals surface area contributed by atoms with Gasteiger partial charge in [-0.15, -0.1) is 0 Å². The van der Waals surface area contributed by atoms with Crippen LogP contribution in [0, 0.1) is 0 Å². The van der Waals surface area contributed by atoms with Crippen molar-refractivity contribution < 1.29 is 22.4 Å². The van der Waals surface area contributed by atoms with Gasteiger partial charge in [-0.3, -0.25) is 4.79 Å². The molecule has 0 amide bonds. The van der Waals surface area contributed by atoms with Crippen molar-refractivity contribution >= 4 is 33.9 Å². The van der Waals surface area contributed by atoms with Crippen LogP contribution in [-0.2, 0) is 6.18 Å². The van der Waals surface area contributed by atoms with Crippen molar-refractivity contribution in [3.8, 4) is 0 Å². The lowest BCUT2D eigenvalue weighted by Crippen LogP contribution is -2.19. The molecule has 0 bridgehead atoms. The minimum absolute atomic E-state index is 0.312. The van der Waals surface area contributed by atoms with Gasteiger partial charge in [0.05, 0.1) is 6.07 Å². The molecule has 10 heteroatoms. The first kappa shape index (κ1) is 16.7. The molecule has 0 atom stereocenters. The van der Waals surface area contributed by atoms with E-state index < -0.39 is 22.2 Å². The van der Waals surface area contributed by atoms with Gasteiger partial charge < -0.3 is 9.32 Å². The number of carbonyl (C=O) groups excluding carboxylic acids is 1. The summed E-state index contributed by atoms with van der Waals surface area (Å²) in [5, 5.41) is 0. The molecule has 1 aromatic rings. The van der Waals surface area contributed by atoms with Gasteiger partial charge in [-0.1, -0.05) is 0 Å². The zero-order valence-corrected chi connectivity index (χ0v) is 10.6. The topological polar surface area (TPSA) is 63.4 Å². The lowest BCUT2D eigenvalue weighted by Gasteiger charge is -2.10. The van der Waals surface area contributed by atoms with E-state index in [1.807, 2.05) is 0 Å². The van der Waals surface area contributed by atoms with E-state index in [4.69, 9.17) is 4.79 Å². The lowest BCUT2D eigenvalue weighted by molar-refractivity contribution is -0.141. The van der Waals surface area contributed by atoms with Crippen LogP contribution in [0.3, 0.4) is 0 Å². The summed E-state index contributed by atoms with van der Waals surface area (Å²) in [4.78, 5) is 24.0. The highest BCUT2D eigenvalue weighted by molar-refractivity contribution is 6.93. The van der Waals surface area contributed by atoms with Crippen molar-refractivity contribution in [1.82, 2.24) is 4.98 Å². The highest BCUT2D eigenvalue weighted by Gasteiger charge is 2.34. The van der Waals surface area contributed by atoms with Gasteiger partial charge in [0.25, 0.3) is 6.01 Å². The predicted octanol–water partition coefficient (Wildman–Crippen LogP) is 2.70. The molecule has 1 aromatic heterocycles. The predicted molar refractivity (Wildman–Crippen MR) is 59.2 cm³/mol. The summed E-state index contributed by atoms with van der Waals surface area (Å²) in [6.45, 7) is 0. The average Bonchev–Trinajstić information content (AvgIpc) is 2.14. The summed E-state index contributed by atoms with van der Waals surface area (Å²) in [5.41, 5.74) is -2.33. The Labute approximate surface area is 109 Å². The maximum atomic E-state index is 12.1. The monoisotopic (exact) mass is 306 g/mol. The van der Waals surface area contributed by atoms with Crippen LogP contribution in [0.2, 0.25) is 0 Å². The zero-order chi connectivity index (χ0) is 14.5. The summed E-state index contributed by atoms with van der Waals surface area (Å²) in [7, 11) is 2.84. The van der Waals surface area contributed by atoms with E-state index in [9.17, 15) is 18.0 Å². The van der Waals surface area contributed by atoms with Crippen molar-refractivity contribution in [1.29, 1.82) is 0 Å². The number of hydrogen-bond donors (Lipinski definition) is 0. The maximum Gasteiger partial charge on any atom is 0.433 e. The van der Waals surface area contributed by atoms with Gasteiger partial charge in [0.2, 0.25) is 0 Å². The van der Waals surface area contributed by atoms with Crippen molar-refractivity contribution in [3.05, 3.63) is 22.2 Å². The van der Waals surface area contributed by atoms with Gasteiger partial charge in [0, 0.05) is 14.1 Å². The van der Waals surface area contributed by atoms with E-state index in [0.717, 1.165) is 0 Å². The molecule has 0 aliphatic heterocycles. The number of aromatic nitrogens is 1. The maximum absolute atomic E-state index is 12.1. The Balaban J connectivity index is 0.000000631. The summed E-state index contributed by atoms with van der Waals surface area (Å²) in [6, 6.07) is -0.0580. The Morgan fingerprint density at radius 3 is 2.17 bits per heavy atom. The molecule has 0 unspecified atom stereocenters. The molecule has 0 saturated heterocycles. The minimum Gasteiger partial charge on any atom is -0.389 e. The van der Waals surface area contributed by atoms with Crippen molar-refractivity contribution in [2.24, 2.45) is 0 Å². The van der Waals surface area contributed by atoms with Gasteiger partial charge in [0.15, 0.2) is 5.69 Å². The van der Waals surface area contributed by atoms with Crippen LogP contribution < -0.4 is 10.5 Å². The Kier molecular flexibility index (Phi) is 6.13. The second-order valence-corrected chi connectivity index (χ2v) is 3.84. The number of halogens is 5. The molecule has 0 saturated carbocycles. The Morgan fingerprint density at radius 2 is 1.83 bits per heavy atom. The van der Waals surface area contributed by atoms with E-state index in [1.165, 1.54) is 19.0 Å². The highest BCUT2D eigenvalue weighted by atomic mass is 35.5. The number of hydrogen-bond acceptors (Lipinski definition) is 5. The number of carbonyl (C=O) groups is 1. The molecule has 0 radical (unpaired) electrons. The quantitative estimate of drug-likeness (QED) is 0.746.